The predicted octanol–water partition coefficient (Wildman–Crippen LogP) is 4.19. The number of methoxy groups -OCH3 is 1. The van der Waals surface area contributed by atoms with Crippen LogP contribution in [0.2, 0.25) is 0 Å². The Morgan fingerprint density at radius 1 is 1.07 bits per heavy atom. The van der Waals surface area contributed by atoms with Crippen molar-refractivity contribution in [2.45, 2.75) is 26.2 Å². The van der Waals surface area contributed by atoms with Crippen molar-refractivity contribution in [1.82, 2.24) is 10.6 Å². The number of halogens is 4. The standard InChI is InChI=1S/C20H24F3N3O3.HI/c1-13(28-16-6-4-5-15(21)10-16)11-25-20(24-2)26-12-14-7-8-17(27-3)18(9-14)29-19(22)23;/h4-10,13,19H,11-12H2,1-3H3,(H2,24,25,26);1H. The van der Waals surface area contributed by atoms with Gasteiger partial charge in [0.15, 0.2) is 17.5 Å². The van der Waals surface area contributed by atoms with Gasteiger partial charge in [-0.3, -0.25) is 4.99 Å². The fourth-order valence-corrected chi connectivity index (χ4v) is 2.48. The average molecular weight is 539 g/mol. The van der Waals surface area contributed by atoms with E-state index >= 15 is 0 Å². The molecule has 1 unspecified atom stereocenters. The molecule has 0 aliphatic carbocycles. The quantitative estimate of drug-likeness (QED) is 0.285. The molecule has 6 nitrogen and oxygen atoms in total. The maximum atomic E-state index is 13.2. The van der Waals surface area contributed by atoms with Crippen molar-refractivity contribution < 1.29 is 27.4 Å². The summed E-state index contributed by atoms with van der Waals surface area (Å²) in [5.41, 5.74) is 0.702. The molecular weight excluding hydrogens is 514 g/mol. The van der Waals surface area contributed by atoms with Gasteiger partial charge in [-0.1, -0.05) is 12.1 Å². The molecular formula is C20H25F3IN3O3. The Morgan fingerprint density at radius 2 is 1.83 bits per heavy atom. The molecule has 2 N–H and O–H groups in total. The molecule has 0 heterocycles. The van der Waals surface area contributed by atoms with Gasteiger partial charge in [0.2, 0.25) is 0 Å². The highest BCUT2D eigenvalue weighted by molar-refractivity contribution is 14.0. The second-order valence-corrected chi connectivity index (χ2v) is 6.06. The van der Waals surface area contributed by atoms with E-state index in [1.165, 1.54) is 25.3 Å². The fourth-order valence-electron chi connectivity index (χ4n) is 2.48. The van der Waals surface area contributed by atoms with Gasteiger partial charge in [0.1, 0.15) is 17.7 Å². The second-order valence-electron chi connectivity index (χ2n) is 6.06. The molecule has 166 valence electrons. The van der Waals surface area contributed by atoms with Gasteiger partial charge in [0, 0.05) is 19.7 Å². The van der Waals surface area contributed by atoms with E-state index in [-0.39, 0.29) is 47.4 Å². The van der Waals surface area contributed by atoms with Gasteiger partial charge in [-0.2, -0.15) is 8.78 Å². The number of guanidine groups is 1. The van der Waals surface area contributed by atoms with E-state index < -0.39 is 6.61 Å². The van der Waals surface area contributed by atoms with Gasteiger partial charge >= 0.3 is 6.61 Å². The molecule has 0 spiro atoms. The van der Waals surface area contributed by atoms with Crippen LogP contribution in [0.4, 0.5) is 13.2 Å². The first kappa shape index (κ1) is 25.7. The summed E-state index contributed by atoms with van der Waals surface area (Å²) in [6.07, 6.45) is -0.248. The lowest BCUT2D eigenvalue weighted by Crippen LogP contribution is -2.41. The molecule has 0 fully saturated rings. The molecule has 2 aromatic rings. The third kappa shape index (κ3) is 8.56. The lowest BCUT2D eigenvalue weighted by molar-refractivity contribution is -0.0512. The highest BCUT2D eigenvalue weighted by Gasteiger charge is 2.12. The number of aliphatic imine (C=N–C) groups is 1. The molecule has 0 saturated carbocycles. The first-order valence-electron chi connectivity index (χ1n) is 8.89. The maximum absolute atomic E-state index is 13.2. The van der Waals surface area contributed by atoms with E-state index in [1.54, 1.807) is 31.3 Å². The molecule has 0 saturated heterocycles. The van der Waals surface area contributed by atoms with Crippen molar-refractivity contribution in [1.29, 1.82) is 0 Å². The van der Waals surface area contributed by atoms with Crippen LogP contribution in [0.25, 0.3) is 0 Å². The minimum absolute atomic E-state index is 0. The van der Waals surface area contributed by atoms with Gasteiger partial charge in [0.05, 0.1) is 13.7 Å². The zero-order valence-electron chi connectivity index (χ0n) is 16.8. The molecule has 30 heavy (non-hydrogen) atoms. The zero-order chi connectivity index (χ0) is 21.2. The summed E-state index contributed by atoms with van der Waals surface area (Å²) in [5, 5.41) is 6.16. The van der Waals surface area contributed by atoms with E-state index in [1.807, 2.05) is 6.92 Å². The van der Waals surface area contributed by atoms with E-state index in [9.17, 15) is 13.2 Å². The highest BCUT2D eigenvalue weighted by atomic mass is 127. The largest absolute Gasteiger partial charge is 0.493 e. The van der Waals surface area contributed by atoms with Gasteiger partial charge < -0.3 is 24.8 Å². The van der Waals surface area contributed by atoms with Crippen LogP contribution in [-0.4, -0.2) is 39.4 Å². The Bertz CT molecular complexity index is 825. The van der Waals surface area contributed by atoms with Crippen LogP contribution in [0.5, 0.6) is 17.2 Å². The highest BCUT2D eigenvalue weighted by Crippen LogP contribution is 2.29. The van der Waals surface area contributed by atoms with Crippen LogP contribution >= 0.6 is 24.0 Å². The number of alkyl halides is 2. The van der Waals surface area contributed by atoms with Crippen molar-refractivity contribution in [2.24, 2.45) is 4.99 Å². The van der Waals surface area contributed by atoms with Crippen molar-refractivity contribution in [2.75, 3.05) is 20.7 Å². The lowest BCUT2D eigenvalue weighted by Gasteiger charge is -2.18. The monoisotopic (exact) mass is 539 g/mol. The number of ether oxygens (including phenoxy) is 3. The molecule has 2 rings (SSSR count). The molecule has 0 aliphatic rings. The molecule has 2 aromatic carbocycles. The van der Waals surface area contributed by atoms with E-state index in [2.05, 4.69) is 20.4 Å². The summed E-state index contributed by atoms with van der Waals surface area (Å²) in [6, 6.07) is 10.7. The number of hydrogen-bond acceptors (Lipinski definition) is 4. The summed E-state index contributed by atoms with van der Waals surface area (Å²) in [6.45, 7) is -0.370. The Labute approximate surface area is 190 Å². The van der Waals surface area contributed by atoms with Gasteiger partial charge in [0.25, 0.3) is 0 Å². The number of nitrogens with one attached hydrogen (secondary N) is 2. The SMILES string of the molecule is CN=C(NCc1ccc(OC)c(OC(F)F)c1)NCC(C)Oc1cccc(F)c1.I. The summed E-state index contributed by atoms with van der Waals surface area (Å²) in [4.78, 5) is 4.10. The topological polar surface area (TPSA) is 64.1 Å². The number of nitrogens with zero attached hydrogens (tertiary/aromatic N) is 1. The van der Waals surface area contributed by atoms with Gasteiger partial charge in [-0.05, 0) is 36.8 Å². The van der Waals surface area contributed by atoms with Gasteiger partial charge in [-0.15, -0.1) is 24.0 Å². The van der Waals surface area contributed by atoms with E-state index in [4.69, 9.17) is 9.47 Å². The van der Waals surface area contributed by atoms with E-state index in [0.717, 1.165) is 0 Å². The molecule has 0 radical (unpaired) electrons. The number of hydrogen-bond donors (Lipinski definition) is 2. The Hall–Kier alpha value is -2.37. The van der Waals surface area contributed by atoms with Crippen molar-refractivity contribution in [3.63, 3.8) is 0 Å². The zero-order valence-corrected chi connectivity index (χ0v) is 19.2. The first-order chi connectivity index (χ1) is 13.9. The Kier molecular flexibility index (Phi) is 11.2. The average Bonchev–Trinajstić information content (AvgIpc) is 2.68. The molecule has 0 bridgehead atoms. The van der Waals surface area contributed by atoms with Crippen LogP contribution < -0.4 is 24.8 Å². The normalized spacial score (nSPS) is 12.0. The minimum atomic E-state index is -2.94. The lowest BCUT2D eigenvalue weighted by atomic mass is 10.2. The molecule has 10 heteroatoms. The third-order valence-corrected chi connectivity index (χ3v) is 3.82. The molecule has 0 aliphatic heterocycles. The van der Waals surface area contributed by atoms with E-state index in [0.29, 0.717) is 30.4 Å². The second kappa shape index (κ2) is 13.0. The van der Waals surface area contributed by atoms with Crippen LogP contribution in [0, 0.1) is 5.82 Å². The van der Waals surface area contributed by atoms with Gasteiger partial charge in [-0.25, -0.2) is 4.39 Å². The van der Waals surface area contributed by atoms with Crippen molar-refractivity contribution >= 4 is 29.9 Å². The van der Waals surface area contributed by atoms with Crippen LogP contribution in [0.1, 0.15) is 12.5 Å². The Balaban J connectivity index is 0.00000450. The van der Waals surface area contributed by atoms with Crippen LogP contribution in [0.3, 0.4) is 0 Å². The summed E-state index contributed by atoms with van der Waals surface area (Å²) in [7, 11) is 2.98. The Morgan fingerprint density at radius 3 is 2.47 bits per heavy atom. The number of benzene rings is 2. The van der Waals surface area contributed by atoms with Crippen LogP contribution in [-0.2, 0) is 6.54 Å². The van der Waals surface area contributed by atoms with Crippen molar-refractivity contribution in [3.05, 3.63) is 53.8 Å². The van der Waals surface area contributed by atoms with Crippen molar-refractivity contribution in [3.8, 4) is 17.2 Å². The minimum Gasteiger partial charge on any atom is -0.493 e. The summed E-state index contributed by atoms with van der Waals surface area (Å²) >= 11 is 0. The predicted molar refractivity (Wildman–Crippen MR) is 120 cm³/mol. The molecule has 1 atom stereocenters. The summed E-state index contributed by atoms with van der Waals surface area (Å²) < 4.78 is 53.4. The first-order valence-corrected chi connectivity index (χ1v) is 8.89. The third-order valence-electron chi connectivity index (χ3n) is 3.82. The smallest absolute Gasteiger partial charge is 0.387 e. The maximum Gasteiger partial charge on any atom is 0.387 e. The summed E-state index contributed by atoms with van der Waals surface area (Å²) in [5.74, 6) is 0.746. The van der Waals surface area contributed by atoms with Crippen LogP contribution in [0.15, 0.2) is 47.5 Å². The number of rotatable bonds is 9. The fraction of sp³-hybridized carbons (Fsp3) is 0.350. The molecule has 0 aromatic heterocycles. The molecule has 0 amide bonds.